The summed E-state index contributed by atoms with van der Waals surface area (Å²) in [5.41, 5.74) is 5.58. The highest BCUT2D eigenvalue weighted by atomic mass is 79.9. The fourth-order valence-electron chi connectivity index (χ4n) is 5.20. The van der Waals surface area contributed by atoms with Crippen LogP contribution in [0.2, 0.25) is 0 Å². The third kappa shape index (κ3) is 1.66. The highest BCUT2D eigenvalue weighted by Gasteiger charge is 2.62. The molecule has 6 atom stereocenters. The van der Waals surface area contributed by atoms with Gasteiger partial charge in [-0.3, -0.25) is 4.79 Å². The van der Waals surface area contributed by atoms with Crippen LogP contribution in [-0.4, -0.2) is 16.9 Å². The Morgan fingerprint density at radius 2 is 1.30 bits per heavy atom. The van der Waals surface area contributed by atoms with Crippen molar-refractivity contribution in [1.29, 1.82) is 0 Å². The van der Waals surface area contributed by atoms with Gasteiger partial charge in [-0.1, -0.05) is 64.5 Å². The van der Waals surface area contributed by atoms with Gasteiger partial charge in [-0.05, 0) is 22.3 Å². The lowest BCUT2D eigenvalue weighted by molar-refractivity contribution is -0.150. The fraction of sp³-hybridized carbons (Fsp3) is 0.350. The van der Waals surface area contributed by atoms with Crippen molar-refractivity contribution in [3.8, 4) is 0 Å². The summed E-state index contributed by atoms with van der Waals surface area (Å²) in [7, 11) is 0. The minimum absolute atomic E-state index is 0.0725. The zero-order chi connectivity index (χ0) is 15.7. The maximum atomic E-state index is 11.8. The number of esters is 1. The SMILES string of the molecule is CC(=O)O[C@H]1C2c3ccccc3C2[C@@H]2c3ccccc3[C@H]1C2Br. The molecule has 0 N–H and O–H groups in total. The first-order valence-electron chi connectivity index (χ1n) is 8.17. The molecule has 116 valence electrons. The molecule has 2 aromatic carbocycles. The summed E-state index contributed by atoms with van der Waals surface area (Å²) in [6.45, 7) is 1.52. The quantitative estimate of drug-likeness (QED) is 0.548. The predicted octanol–water partition coefficient (Wildman–Crippen LogP) is 4.46. The molecule has 2 aromatic rings. The molecule has 0 amide bonds. The van der Waals surface area contributed by atoms with Crippen molar-refractivity contribution in [3.63, 3.8) is 0 Å². The lowest BCUT2D eigenvalue weighted by Gasteiger charge is -2.52. The highest BCUT2D eigenvalue weighted by Crippen LogP contribution is 2.69. The van der Waals surface area contributed by atoms with Crippen LogP contribution >= 0.6 is 15.9 Å². The maximum absolute atomic E-state index is 11.8. The minimum Gasteiger partial charge on any atom is -0.461 e. The summed E-state index contributed by atoms with van der Waals surface area (Å²) in [6, 6.07) is 17.3. The van der Waals surface area contributed by atoms with Crippen LogP contribution in [0.4, 0.5) is 0 Å². The Hall–Kier alpha value is -1.61. The van der Waals surface area contributed by atoms with Gasteiger partial charge in [0.25, 0.3) is 0 Å². The smallest absolute Gasteiger partial charge is 0.302 e. The average molecular weight is 369 g/mol. The van der Waals surface area contributed by atoms with E-state index >= 15 is 0 Å². The van der Waals surface area contributed by atoms with Crippen LogP contribution in [0, 0.1) is 0 Å². The second-order valence-corrected chi connectivity index (χ2v) is 7.94. The van der Waals surface area contributed by atoms with Crippen molar-refractivity contribution in [2.24, 2.45) is 0 Å². The fourth-order valence-corrected chi connectivity index (χ4v) is 6.40. The number of hydrogen-bond acceptors (Lipinski definition) is 2. The van der Waals surface area contributed by atoms with E-state index in [4.69, 9.17) is 4.74 Å². The Balaban J connectivity index is 1.72. The summed E-state index contributed by atoms with van der Waals surface area (Å²) in [4.78, 5) is 12.1. The second-order valence-electron chi connectivity index (χ2n) is 6.88. The van der Waals surface area contributed by atoms with Gasteiger partial charge in [-0.25, -0.2) is 0 Å². The van der Waals surface area contributed by atoms with E-state index in [0.717, 1.165) is 0 Å². The molecule has 0 aliphatic heterocycles. The lowest BCUT2D eigenvalue weighted by atomic mass is 9.55. The van der Waals surface area contributed by atoms with Gasteiger partial charge in [0.05, 0.1) is 0 Å². The third-order valence-electron chi connectivity index (χ3n) is 5.90. The van der Waals surface area contributed by atoms with E-state index in [9.17, 15) is 4.79 Å². The largest absolute Gasteiger partial charge is 0.461 e. The van der Waals surface area contributed by atoms with Gasteiger partial charge in [0.1, 0.15) is 6.10 Å². The second kappa shape index (κ2) is 4.70. The molecule has 0 radical (unpaired) electrons. The van der Waals surface area contributed by atoms with Crippen LogP contribution in [0.25, 0.3) is 0 Å². The summed E-state index contributed by atoms with van der Waals surface area (Å²) in [5, 5.41) is 0. The van der Waals surface area contributed by atoms with Crippen molar-refractivity contribution in [2.45, 2.75) is 41.5 Å². The van der Waals surface area contributed by atoms with E-state index in [1.165, 1.54) is 29.2 Å². The molecule has 1 saturated carbocycles. The van der Waals surface area contributed by atoms with Gasteiger partial charge in [0.15, 0.2) is 0 Å². The summed E-state index contributed by atoms with van der Waals surface area (Å²) in [5.74, 6) is 1.31. The zero-order valence-electron chi connectivity index (χ0n) is 12.8. The molecular weight excluding hydrogens is 352 g/mol. The first-order valence-corrected chi connectivity index (χ1v) is 9.09. The van der Waals surface area contributed by atoms with Crippen molar-refractivity contribution in [2.75, 3.05) is 0 Å². The number of alkyl halides is 1. The van der Waals surface area contributed by atoms with E-state index < -0.39 is 0 Å². The van der Waals surface area contributed by atoms with Crippen LogP contribution < -0.4 is 0 Å². The van der Waals surface area contributed by atoms with E-state index in [0.29, 0.717) is 22.6 Å². The van der Waals surface area contributed by atoms with E-state index in [1.807, 2.05) is 0 Å². The molecule has 23 heavy (non-hydrogen) atoms. The Morgan fingerprint density at radius 3 is 1.87 bits per heavy atom. The number of benzene rings is 2. The van der Waals surface area contributed by atoms with Crippen LogP contribution in [0.3, 0.4) is 0 Å². The molecule has 2 bridgehead atoms. The van der Waals surface area contributed by atoms with E-state index in [-0.39, 0.29) is 18.0 Å². The molecule has 1 fully saturated rings. The number of hydrogen-bond donors (Lipinski definition) is 0. The normalized spacial score (nSPS) is 35.6. The number of rotatable bonds is 1. The van der Waals surface area contributed by atoms with E-state index in [1.54, 1.807) is 0 Å². The number of ether oxygens (including phenoxy) is 1. The van der Waals surface area contributed by atoms with Gasteiger partial charge in [0.2, 0.25) is 0 Å². The standard InChI is InChI=1S/C20H17BrO2/c1-10(22)23-20-17-13-8-4-2-6-11(13)15(17)16-12-7-3-5-9-14(12)18(20)19(16)21/h2-9,15-20H,1H3/t15?,16-,17?,18-,19?,20-/m0/s1. The lowest BCUT2D eigenvalue weighted by Crippen LogP contribution is -2.48. The number of carbonyl (C=O) groups excluding carboxylic acids is 1. The zero-order valence-corrected chi connectivity index (χ0v) is 14.4. The Bertz CT molecular complexity index is 815. The molecule has 2 nitrogen and oxygen atoms in total. The van der Waals surface area contributed by atoms with Crippen LogP contribution in [0.15, 0.2) is 48.5 Å². The van der Waals surface area contributed by atoms with E-state index in [2.05, 4.69) is 64.5 Å². The van der Waals surface area contributed by atoms with Crippen molar-refractivity contribution in [1.82, 2.24) is 0 Å². The average Bonchev–Trinajstić information content (AvgIpc) is 2.74. The molecule has 0 spiro atoms. The molecule has 3 unspecified atom stereocenters. The van der Waals surface area contributed by atoms with Gasteiger partial charge < -0.3 is 4.74 Å². The molecule has 5 rings (SSSR count). The molecule has 3 heteroatoms. The first kappa shape index (κ1) is 13.8. The van der Waals surface area contributed by atoms with Crippen molar-refractivity contribution >= 4 is 21.9 Å². The summed E-state index contributed by atoms with van der Waals surface area (Å²) >= 11 is 3.96. The molecule has 0 aromatic heterocycles. The maximum Gasteiger partial charge on any atom is 0.302 e. The third-order valence-corrected chi connectivity index (χ3v) is 7.04. The van der Waals surface area contributed by atoms with Crippen molar-refractivity contribution < 1.29 is 9.53 Å². The van der Waals surface area contributed by atoms with Gasteiger partial charge in [-0.2, -0.15) is 0 Å². The number of fused-ring (bicyclic) bond motifs is 10. The molecule has 0 heterocycles. The van der Waals surface area contributed by atoms with Crippen LogP contribution in [-0.2, 0) is 9.53 Å². The van der Waals surface area contributed by atoms with Crippen LogP contribution in [0.5, 0.6) is 0 Å². The molecule has 3 aliphatic rings. The Kier molecular flexibility index (Phi) is 2.82. The van der Waals surface area contributed by atoms with Crippen molar-refractivity contribution in [3.05, 3.63) is 70.8 Å². The summed E-state index contributed by atoms with van der Waals surface area (Å²) in [6.07, 6.45) is -0.0725. The monoisotopic (exact) mass is 368 g/mol. The topological polar surface area (TPSA) is 26.3 Å². The number of carbonyl (C=O) groups is 1. The Morgan fingerprint density at radius 1 is 0.826 bits per heavy atom. The molecule has 3 aliphatic carbocycles. The highest BCUT2D eigenvalue weighted by molar-refractivity contribution is 9.09. The molecule has 0 saturated heterocycles. The van der Waals surface area contributed by atoms with Gasteiger partial charge in [-0.15, -0.1) is 0 Å². The Labute approximate surface area is 144 Å². The predicted molar refractivity (Wildman–Crippen MR) is 92.1 cm³/mol. The van der Waals surface area contributed by atoms with Gasteiger partial charge >= 0.3 is 5.97 Å². The van der Waals surface area contributed by atoms with Gasteiger partial charge in [0, 0.05) is 35.4 Å². The first-order chi connectivity index (χ1) is 11.2. The van der Waals surface area contributed by atoms with Crippen LogP contribution in [0.1, 0.15) is 52.8 Å². The minimum atomic E-state index is -0.180. The molecular formula is C20H17BrO2. The number of halogens is 1. The summed E-state index contributed by atoms with van der Waals surface area (Å²) < 4.78 is 5.87.